The summed E-state index contributed by atoms with van der Waals surface area (Å²) in [4.78, 5) is 14.7. The Morgan fingerprint density at radius 2 is 1.83 bits per heavy atom. The molecule has 118 valence electrons. The van der Waals surface area contributed by atoms with E-state index in [0.717, 1.165) is 22.5 Å². The van der Waals surface area contributed by atoms with Gasteiger partial charge in [-0.05, 0) is 47.9 Å². The fourth-order valence-corrected chi connectivity index (χ4v) is 2.59. The predicted octanol–water partition coefficient (Wildman–Crippen LogP) is 4.22. The van der Waals surface area contributed by atoms with E-state index in [1.165, 1.54) is 12.1 Å². The van der Waals surface area contributed by atoms with Gasteiger partial charge in [-0.1, -0.05) is 6.07 Å². The van der Waals surface area contributed by atoms with E-state index in [1.54, 1.807) is 19.2 Å². The first kappa shape index (κ1) is 15.2. The van der Waals surface area contributed by atoms with Gasteiger partial charge in [-0.3, -0.25) is 4.79 Å². The molecule has 5 heteroatoms. The largest absolute Gasteiger partial charge is 0.466 e. The van der Waals surface area contributed by atoms with Crippen LogP contribution < -0.4 is 0 Å². The highest BCUT2D eigenvalue weighted by Gasteiger charge is 2.11. The summed E-state index contributed by atoms with van der Waals surface area (Å²) in [6.07, 6.45) is 1.90. The molecule has 0 amide bonds. The van der Waals surface area contributed by atoms with Crippen LogP contribution in [0.25, 0.3) is 22.0 Å². The second-order valence-corrected chi connectivity index (χ2v) is 5.21. The fraction of sp³-hybridized carbons (Fsp3) is 0.167. The summed E-state index contributed by atoms with van der Waals surface area (Å²) < 4.78 is 31.8. The molecule has 1 N–H and O–H groups in total. The van der Waals surface area contributed by atoms with Crippen molar-refractivity contribution in [2.24, 2.45) is 0 Å². The molecule has 0 radical (unpaired) electrons. The second-order valence-electron chi connectivity index (χ2n) is 5.21. The molecule has 0 bridgehead atoms. The van der Waals surface area contributed by atoms with E-state index in [4.69, 9.17) is 4.74 Å². The number of H-pyrrole nitrogens is 1. The van der Waals surface area contributed by atoms with Gasteiger partial charge in [-0.15, -0.1) is 0 Å². The van der Waals surface area contributed by atoms with Crippen molar-refractivity contribution in [1.29, 1.82) is 0 Å². The third-order valence-corrected chi connectivity index (χ3v) is 3.60. The van der Waals surface area contributed by atoms with E-state index >= 15 is 0 Å². The number of aromatic nitrogens is 1. The van der Waals surface area contributed by atoms with Crippen LogP contribution in [0.4, 0.5) is 8.78 Å². The van der Waals surface area contributed by atoms with Gasteiger partial charge in [0.25, 0.3) is 0 Å². The van der Waals surface area contributed by atoms with E-state index < -0.39 is 11.6 Å². The number of hydrogen-bond donors (Lipinski definition) is 1. The Bertz CT molecular complexity index is 850. The Morgan fingerprint density at radius 3 is 2.52 bits per heavy atom. The molecular formula is C18H15F2NO2. The number of esters is 1. The Balaban J connectivity index is 2.02. The maximum absolute atomic E-state index is 13.4. The molecule has 0 aliphatic rings. The molecule has 0 atom stereocenters. The number of benzene rings is 2. The molecular weight excluding hydrogens is 300 g/mol. The van der Waals surface area contributed by atoms with Crippen molar-refractivity contribution in [3.63, 3.8) is 0 Å². The average Bonchev–Trinajstić information content (AvgIpc) is 2.89. The van der Waals surface area contributed by atoms with Gasteiger partial charge >= 0.3 is 5.97 Å². The third-order valence-electron chi connectivity index (χ3n) is 3.60. The van der Waals surface area contributed by atoms with Crippen molar-refractivity contribution in [2.75, 3.05) is 6.61 Å². The number of nitrogens with one attached hydrogen (secondary N) is 1. The Hall–Kier alpha value is -2.69. The zero-order valence-corrected chi connectivity index (χ0v) is 12.5. The minimum atomic E-state index is -0.624. The van der Waals surface area contributed by atoms with E-state index in [1.807, 2.05) is 12.1 Å². The van der Waals surface area contributed by atoms with Crippen molar-refractivity contribution in [1.82, 2.24) is 4.98 Å². The molecule has 3 aromatic rings. The third kappa shape index (κ3) is 3.23. The van der Waals surface area contributed by atoms with Crippen molar-refractivity contribution >= 4 is 16.9 Å². The molecule has 0 aliphatic heterocycles. The highest BCUT2D eigenvalue weighted by molar-refractivity contribution is 5.90. The molecule has 0 saturated heterocycles. The van der Waals surface area contributed by atoms with Crippen LogP contribution in [0.15, 0.2) is 42.6 Å². The minimum Gasteiger partial charge on any atom is -0.466 e. The molecule has 3 nitrogen and oxygen atoms in total. The smallest absolute Gasteiger partial charge is 0.310 e. The summed E-state index contributed by atoms with van der Waals surface area (Å²) in [5, 5.41) is 0.834. The molecule has 0 unspecified atom stereocenters. The van der Waals surface area contributed by atoms with Gasteiger partial charge in [0.2, 0.25) is 0 Å². The normalized spacial score (nSPS) is 10.9. The average molecular weight is 315 g/mol. The van der Waals surface area contributed by atoms with Crippen LogP contribution in [0, 0.1) is 11.6 Å². The van der Waals surface area contributed by atoms with Crippen LogP contribution in [-0.2, 0) is 16.0 Å². The zero-order chi connectivity index (χ0) is 16.4. The first-order chi connectivity index (χ1) is 11.1. The number of halogens is 2. The van der Waals surface area contributed by atoms with Crippen LogP contribution in [0.3, 0.4) is 0 Å². The van der Waals surface area contributed by atoms with Crippen LogP contribution in [0.5, 0.6) is 0 Å². The van der Waals surface area contributed by atoms with Crippen molar-refractivity contribution in [2.45, 2.75) is 13.3 Å². The molecule has 23 heavy (non-hydrogen) atoms. The molecule has 0 aliphatic carbocycles. The molecule has 2 aromatic carbocycles. The van der Waals surface area contributed by atoms with Crippen molar-refractivity contribution < 1.29 is 18.3 Å². The maximum Gasteiger partial charge on any atom is 0.310 e. The minimum absolute atomic E-state index is 0.148. The number of carbonyl (C=O) groups excluding carboxylic acids is 1. The zero-order valence-electron chi connectivity index (χ0n) is 12.5. The predicted molar refractivity (Wildman–Crippen MR) is 84.0 cm³/mol. The standard InChI is InChI=1S/C18H15F2NO2/c1-2-23-18(22)8-13-10-21-17-4-3-11(7-16(13)17)12-5-14(19)9-15(20)6-12/h3-7,9-10,21H,2,8H2,1H3. The molecule has 3 rings (SSSR count). The number of hydrogen-bond acceptors (Lipinski definition) is 2. The first-order valence-corrected chi connectivity index (χ1v) is 7.29. The summed E-state index contributed by atoms with van der Waals surface area (Å²) in [6.45, 7) is 2.08. The highest BCUT2D eigenvalue weighted by Crippen LogP contribution is 2.27. The number of fused-ring (bicyclic) bond motifs is 1. The van der Waals surface area contributed by atoms with Crippen LogP contribution in [-0.4, -0.2) is 17.6 Å². The summed E-state index contributed by atoms with van der Waals surface area (Å²) >= 11 is 0. The van der Waals surface area contributed by atoms with Gasteiger partial charge < -0.3 is 9.72 Å². The van der Waals surface area contributed by atoms with Gasteiger partial charge in [0.05, 0.1) is 13.0 Å². The van der Waals surface area contributed by atoms with Gasteiger partial charge in [0.1, 0.15) is 11.6 Å². The summed E-state index contributed by atoms with van der Waals surface area (Å²) in [5.41, 5.74) is 2.77. The monoisotopic (exact) mass is 315 g/mol. The van der Waals surface area contributed by atoms with Gasteiger partial charge in [-0.2, -0.15) is 0 Å². The Morgan fingerprint density at radius 1 is 1.09 bits per heavy atom. The van der Waals surface area contributed by atoms with E-state index in [0.29, 0.717) is 17.7 Å². The molecule has 0 saturated carbocycles. The quantitative estimate of drug-likeness (QED) is 0.733. The van der Waals surface area contributed by atoms with Crippen molar-refractivity contribution in [3.8, 4) is 11.1 Å². The lowest BCUT2D eigenvalue weighted by Crippen LogP contribution is -2.06. The number of aromatic amines is 1. The number of rotatable bonds is 4. The van der Waals surface area contributed by atoms with Gasteiger partial charge in [-0.25, -0.2) is 8.78 Å². The molecule has 1 heterocycles. The van der Waals surface area contributed by atoms with Gasteiger partial charge in [0, 0.05) is 23.2 Å². The lowest BCUT2D eigenvalue weighted by Gasteiger charge is -2.05. The molecule has 0 spiro atoms. The number of ether oxygens (including phenoxy) is 1. The molecule has 1 aromatic heterocycles. The second kappa shape index (κ2) is 6.20. The van der Waals surface area contributed by atoms with Crippen LogP contribution >= 0.6 is 0 Å². The SMILES string of the molecule is CCOC(=O)Cc1c[nH]c2ccc(-c3cc(F)cc(F)c3)cc12. The van der Waals surface area contributed by atoms with Gasteiger partial charge in [0.15, 0.2) is 0 Å². The Kier molecular flexibility index (Phi) is 4.10. The topological polar surface area (TPSA) is 42.1 Å². The fourth-order valence-electron chi connectivity index (χ4n) is 2.59. The summed E-state index contributed by atoms with van der Waals surface area (Å²) in [5.74, 6) is -1.56. The lowest BCUT2D eigenvalue weighted by molar-refractivity contribution is -0.142. The summed E-state index contributed by atoms with van der Waals surface area (Å²) in [7, 11) is 0. The number of carbonyl (C=O) groups is 1. The van der Waals surface area contributed by atoms with Crippen LogP contribution in [0.1, 0.15) is 12.5 Å². The molecule has 0 fully saturated rings. The van der Waals surface area contributed by atoms with Crippen molar-refractivity contribution in [3.05, 3.63) is 59.8 Å². The van der Waals surface area contributed by atoms with E-state index in [2.05, 4.69) is 4.98 Å². The maximum atomic E-state index is 13.4. The van der Waals surface area contributed by atoms with E-state index in [9.17, 15) is 13.6 Å². The van der Waals surface area contributed by atoms with Crippen LogP contribution in [0.2, 0.25) is 0 Å². The first-order valence-electron chi connectivity index (χ1n) is 7.29. The highest BCUT2D eigenvalue weighted by atomic mass is 19.1. The Labute approximate surface area is 131 Å². The summed E-state index contributed by atoms with van der Waals surface area (Å²) in [6, 6.07) is 8.81. The van der Waals surface area contributed by atoms with E-state index in [-0.39, 0.29) is 12.4 Å². The lowest BCUT2D eigenvalue weighted by atomic mass is 10.0.